The zero-order valence-corrected chi connectivity index (χ0v) is 9.33. The van der Waals surface area contributed by atoms with E-state index in [1.54, 1.807) is 11.8 Å². The number of carbonyl (C=O) groups is 1. The van der Waals surface area contributed by atoms with Gasteiger partial charge in [0.05, 0.1) is 4.87 Å². The van der Waals surface area contributed by atoms with Gasteiger partial charge in [0.15, 0.2) is 6.23 Å². The van der Waals surface area contributed by atoms with Crippen molar-refractivity contribution in [1.82, 2.24) is 5.32 Å². The number of thioether (sulfide) groups is 2. The molecule has 2 aliphatic heterocycles. The fourth-order valence-corrected chi connectivity index (χ4v) is 4.56. The fraction of sp³-hybridized carbons (Fsp3) is 0.875. The van der Waals surface area contributed by atoms with E-state index >= 15 is 0 Å². The van der Waals surface area contributed by atoms with Crippen molar-refractivity contribution < 1.29 is 14.6 Å². The van der Waals surface area contributed by atoms with Crippen molar-refractivity contribution in [3.05, 3.63) is 0 Å². The second-order valence-corrected chi connectivity index (χ2v) is 6.06. The highest BCUT2D eigenvalue weighted by molar-refractivity contribution is 8.01. The third-order valence-corrected chi connectivity index (χ3v) is 5.01. The lowest BCUT2D eigenvalue weighted by Gasteiger charge is -2.32. The molecule has 1 spiro atoms. The molecule has 2 aliphatic rings. The summed E-state index contributed by atoms with van der Waals surface area (Å²) in [6.45, 7) is 0. The molecule has 0 aliphatic carbocycles. The van der Waals surface area contributed by atoms with Crippen LogP contribution in [0.1, 0.15) is 12.8 Å². The second-order valence-electron chi connectivity index (χ2n) is 3.43. The lowest BCUT2D eigenvalue weighted by atomic mass is 10.1. The molecule has 0 bridgehead atoms. The summed E-state index contributed by atoms with van der Waals surface area (Å²) in [5.41, 5.74) is 0. The predicted molar refractivity (Wildman–Crippen MR) is 57.8 cm³/mol. The van der Waals surface area contributed by atoms with Crippen LogP contribution in [0.15, 0.2) is 0 Å². The van der Waals surface area contributed by atoms with Crippen molar-refractivity contribution >= 4 is 29.7 Å². The number of hydrogen-bond acceptors (Lipinski definition) is 5. The van der Waals surface area contributed by atoms with E-state index in [9.17, 15) is 4.79 Å². The van der Waals surface area contributed by atoms with Crippen LogP contribution >= 0.6 is 23.5 Å². The maximum absolute atomic E-state index is 10.4. The van der Waals surface area contributed by atoms with Gasteiger partial charge in [0.1, 0.15) is 0 Å². The summed E-state index contributed by atoms with van der Waals surface area (Å²) < 4.78 is 4.72. The van der Waals surface area contributed by atoms with Gasteiger partial charge in [-0.1, -0.05) is 0 Å². The van der Waals surface area contributed by atoms with Gasteiger partial charge in [-0.05, 0) is 24.3 Å². The van der Waals surface area contributed by atoms with Crippen LogP contribution in [0, 0.1) is 0 Å². The minimum Gasteiger partial charge on any atom is -0.450 e. The Morgan fingerprint density at radius 2 is 2.21 bits per heavy atom. The number of hydrogen-bond donors (Lipinski definition) is 2. The number of carboxylic acid groups (broad SMARTS) is 1. The van der Waals surface area contributed by atoms with Crippen LogP contribution in [-0.2, 0) is 4.74 Å². The number of rotatable bonds is 1. The molecule has 2 N–H and O–H groups in total. The zero-order chi connectivity index (χ0) is 10.0. The largest absolute Gasteiger partial charge is 0.507 e. The fourth-order valence-electron chi connectivity index (χ4n) is 1.79. The van der Waals surface area contributed by atoms with Crippen LogP contribution in [-0.4, -0.2) is 39.6 Å². The third kappa shape index (κ3) is 2.29. The van der Waals surface area contributed by atoms with Gasteiger partial charge in [0.25, 0.3) is 0 Å². The Balaban J connectivity index is 1.89. The molecule has 6 heteroatoms. The van der Waals surface area contributed by atoms with Crippen molar-refractivity contribution in [2.24, 2.45) is 0 Å². The first-order valence-electron chi connectivity index (χ1n) is 4.59. The molecule has 0 aromatic rings. The Kier molecular flexibility index (Phi) is 3.14. The second kappa shape index (κ2) is 4.20. The van der Waals surface area contributed by atoms with Crippen LogP contribution in [0.25, 0.3) is 0 Å². The van der Waals surface area contributed by atoms with Gasteiger partial charge >= 0.3 is 6.16 Å². The van der Waals surface area contributed by atoms with Crippen LogP contribution in [0.2, 0.25) is 0 Å². The Labute approximate surface area is 91.1 Å². The van der Waals surface area contributed by atoms with E-state index < -0.39 is 6.16 Å². The van der Waals surface area contributed by atoms with Crippen molar-refractivity contribution in [3.63, 3.8) is 0 Å². The topological polar surface area (TPSA) is 58.6 Å². The van der Waals surface area contributed by atoms with E-state index in [1.165, 1.54) is 0 Å². The van der Waals surface area contributed by atoms with E-state index in [4.69, 9.17) is 9.84 Å². The molecule has 0 aromatic carbocycles. The van der Waals surface area contributed by atoms with E-state index in [0.29, 0.717) is 0 Å². The Bertz CT molecular complexity index is 231. The first-order valence-corrected chi connectivity index (χ1v) is 6.73. The minimum atomic E-state index is -1.19. The Morgan fingerprint density at radius 3 is 2.86 bits per heavy atom. The molecule has 14 heavy (non-hydrogen) atoms. The van der Waals surface area contributed by atoms with E-state index in [-0.39, 0.29) is 11.1 Å². The summed E-state index contributed by atoms with van der Waals surface area (Å²) in [5.74, 6) is 3.04. The molecule has 2 rings (SSSR count). The number of ether oxygens (including phenoxy) is 1. The highest BCUT2D eigenvalue weighted by Crippen LogP contribution is 2.41. The molecular formula is C8H13NO3S2. The zero-order valence-electron chi connectivity index (χ0n) is 7.69. The van der Waals surface area contributed by atoms with Gasteiger partial charge in [0, 0.05) is 5.75 Å². The summed E-state index contributed by atoms with van der Waals surface area (Å²) in [6.07, 6.45) is 0.690. The van der Waals surface area contributed by atoms with E-state index in [1.807, 2.05) is 11.8 Å². The first-order chi connectivity index (χ1) is 6.70. The number of nitrogens with one attached hydrogen (secondary N) is 1. The summed E-state index contributed by atoms with van der Waals surface area (Å²) >= 11 is 3.76. The monoisotopic (exact) mass is 235 g/mol. The van der Waals surface area contributed by atoms with E-state index in [2.05, 4.69) is 5.32 Å². The van der Waals surface area contributed by atoms with Crippen LogP contribution in [0.5, 0.6) is 0 Å². The van der Waals surface area contributed by atoms with Crippen molar-refractivity contribution in [1.29, 1.82) is 0 Å². The molecule has 0 amide bonds. The smallest absolute Gasteiger partial charge is 0.450 e. The van der Waals surface area contributed by atoms with Gasteiger partial charge in [-0.2, -0.15) is 11.8 Å². The highest BCUT2D eigenvalue weighted by atomic mass is 32.2. The molecule has 0 aromatic heterocycles. The standard InChI is InChI=1S/C8H13NO3S2/c10-7(11)12-6-5-14-8(9-6)1-3-13-4-2-8/h6,9H,1-5H2,(H,10,11)/t6-/m1/s1. The van der Waals surface area contributed by atoms with Crippen molar-refractivity contribution in [3.8, 4) is 0 Å². The molecule has 2 fully saturated rings. The maximum Gasteiger partial charge on any atom is 0.507 e. The maximum atomic E-state index is 10.4. The van der Waals surface area contributed by atoms with Gasteiger partial charge in [-0.15, -0.1) is 11.8 Å². The lowest BCUT2D eigenvalue weighted by Crippen LogP contribution is -2.45. The molecule has 0 unspecified atom stereocenters. The van der Waals surface area contributed by atoms with Crippen molar-refractivity contribution in [2.45, 2.75) is 23.9 Å². The quantitative estimate of drug-likeness (QED) is 0.673. The third-order valence-electron chi connectivity index (χ3n) is 2.48. The van der Waals surface area contributed by atoms with Gasteiger partial charge in [0.2, 0.25) is 0 Å². The average molecular weight is 235 g/mol. The average Bonchev–Trinajstić information content (AvgIpc) is 2.49. The van der Waals surface area contributed by atoms with Gasteiger partial charge in [-0.25, -0.2) is 4.79 Å². The van der Waals surface area contributed by atoms with Crippen molar-refractivity contribution in [2.75, 3.05) is 17.3 Å². The normalized spacial score (nSPS) is 30.4. The minimum absolute atomic E-state index is 0.0887. The predicted octanol–water partition coefficient (Wildman–Crippen LogP) is 1.57. The molecule has 2 heterocycles. The molecule has 0 saturated carbocycles. The molecule has 0 radical (unpaired) electrons. The van der Waals surface area contributed by atoms with Gasteiger partial charge < -0.3 is 9.84 Å². The summed E-state index contributed by atoms with van der Waals surface area (Å²) in [7, 11) is 0. The summed E-state index contributed by atoms with van der Waals surface area (Å²) in [4.78, 5) is 10.4. The Hall–Kier alpha value is -0.0700. The SMILES string of the molecule is O=C(O)O[C@@H]1CSC2(CCSCC2)N1. The molecule has 1 atom stereocenters. The first kappa shape index (κ1) is 10.4. The van der Waals surface area contributed by atoms with E-state index in [0.717, 1.165) is 30.1 Å². The van der Waals surface area contributed by atoms with Gasteiger partial charge in [-0.3, -0.25) is 5.32 Å². The molecular weight excluding hydrogens is 222 g/mol. The summed E-state index contributed by atoms with van der Waals surface area (Å²) in [5, 5.41) is 11.8. The van der Waals surface area contributed by atoms with Crippen LogP contribution in [0.4, 0.5) is 4.79 Å². The highest BCUT2D eigenvalue weighted by Gasteiger charge is 2.41. The molecule has 4 nitrogen and oxygen atoms in total. The van der Waals surface area contributed by atoms with Crippen LogP contribution < -0.4 is 5.32 Å². The molecule has 2 saturated heterocycles. The van der Waals surface area contributed by atoms with Crippen LogP contribution in [0.3, 0.4) is 0 Å². The molecule has 80 valence electrons. The summed E-state index contributed by atoms with van der Waals surface area (Å²) in [6, 6.07) is 0. The lowest BCUT2D eigenvalue weighted by molar-refractivity contribution is 0.0438. The Morgan fingerprint density at radius 1 is 1.50 bits per heavy atom.